The normalized spacial score (nSPS) is 10.8. The minimum atomic E-state index is -1.15. The molecule has 0 atom stereocenters. The van der Waals surface area contributed by atoms with Crippen LogP contribution in [0.5, 0.6) is 11.5 Å². The van der Waals surface area contributed by atoms with Crippen molar-refractivity contribution >= 4 is 28.5 Å². The summed E-state index contributed by atoms with van der Waals surface area (Å²) < 4.78 is 12.3. The molecule has 0 aliphatic heterocycles. The van der Waals surface area contributed by atoms with Crippen molar-refractivity contribution in [1.82, 2.24) is 4.98 Å². The standard InChI is InChI=1S/C30H22ClNO4/c31-25-14-8-7-13-23(25)22-15-24-27(35-18-20-9-3-1-4-10-20)17-26(30(33)34)32-29(24)28(16-22)36-19-21-11-5-2-6-12-21/h1-17H,18-19H2,(H,33,34). The Hall–Kier alpha value is -4.35. The third-order valence-electron chi connectivity index (χ3n) is 5.72. The van der Waals surface area contributed by atoms with Gasteiger partial charge in [0.1, 0.15) is 30.2 Å². The summed E-state index contributed by atoms with van der Waals surface area (Å²) in [5.41, 5.74) is 3.85. The number of carboxylic acid groups (broad SMARTS) is 1. The van der Waals surface area contributed by atoms with Crippen LogP contribution in [0.25, 0.3) is 22.0 Å². The number of benzene rings is 4. The number of carbonyl (C=O) groups is 1. The van der Waals surface area contributed by atoms with Crippen LogP contribution in [-0.2, 0) is 13.2 Å². The average Bonchev–Trinajstić information content (AvgIpc) is 2.91. The molecular formula is C30H22ClNO4. The van der Waals surface area contributed by atoms with E-state index in [0.717, 1.165) is 22.3 Å². The molecule has 1 N–H and O–H groups in total. The number of pyridine rings is 1. The number of aromatic carboxylic acids is 1. The molecule has 0 bridgehead atoms. The van der Waals surface area contributed by atoms with E-state index in [-0.39, 0.29) is 12.3 Å². The lowest BCUT2D eigenvalue weighted by molar-refractivity contribution is 0.0690. The van der Waals surface area contributed by atoms with Gasteiger partial charge in [-0.1, -0.05) is 90.5 Å². The van der Waals surface area contributed by atoms with E-state index in [0.29, 0.717) is 34.0 Å². The van der Waals surface area contributed by atoms with Crippen LogP contribution in [0, 0.1) is 0 Å². The van der Waals surface area contributed by atoms with Crippen LogP contribution in [0.2, 0.25) is 5.02 Å². The van der Waals surface area contributed by atoms with Gasteiger partial charge in [-0.05, 0) is 34.9 Å². The first-order valence-electron chi connectivity index (χ1n) is 11.4. The van der Waals surface area contributed by atoms with Crippen molar-refractivity contribution in [2.75, 3.05) is 0 Å². The Morgan fingerprint density at radius 1 is 0.750 bits per heavy atom. The molecule has 0 saturated carbocycles. The van der Waals surface area contributed by atoms with E-state index in [1.54, 1.807) is 0 Å². The molecule has 5 aromatic rings. The molecule has 0 saturated heterocycles. The quantitative estimate of drug-likeness (QED) is 0.243. The van der Waals surface area contributed by atoms with E-state index >= 15 is 0 Å². The molecule has 0 amide bonds. The molecule has 0 aliphatic carbocycles. The second-order valence-corrected chi connectivity index (χ2v) is 8.62. The highest BCUT2D eigenvalue weighted by Gasteiger charge is 2.18. The first-order valence-corrected chi connectivity index (χ1v) is 11.8. The van der Waals surface area contributed by atoms with E-state index in [1.807, 2.05) is 97.1 Å². The summed E-state index contributed by atoms with van der Waals surface area (Å²) in [7, 11) is 0. The second kappa shape index (κ2) is 10.5. The molecule has 36 heavy (non-hydrogen) atoms. The highest BCUT2D eigenvalue weighted by Crippen LogP contribution is 2.39. The van der Waals surface area contributed by atoms with Gasteiger partial charge < -0.3 is 14.6 Å². The number of carboxylic acids is 1. The van der Waals surface area contributed by atoms with E-state index < -0.39 is 5.97 Å². The SMILES string of the molecule is O=C(O)c1cc(OCc2ccccc2)c2cc(-c3ccccc3Cl)cc(OCc3ccccc3)c2n1. The van der Waals surface area contributed by atoms with Crippen LogP contribution < -0.4 is 9.47 Å². The predicted molar refractivity (Wildman–Crippen MR) is 141 cm³/mol. The van der Waals surface area contributed by atoms with Crippen LogP contribution in [0.3, 0.4) is 0 Å². The van der Waals surface area contributed by atoms with Crippen molar-refractivity contribution in [2.45, 2.75) is 13.2 Å². The molecule has 4 aromatic carbocycles. The summed E-state index contributed by atoms with van der Waals surface area (Å²) in [6, 6.07) is 32.2. The van der Waals surface area contributed by atoms with Gasteiger partial charge >= 0.3 is 5.97 Å². The number of rotatable bonds is 8. The van der Waals surface area contributed by atoms with Crippen LogP contribution in [0.4, 0.5) is 0 Å². The first kappa shape index (κ1) is 23.4. The highest BCUT2D eigenvalue weighted by atomic mass is 35.5. The fourth-order valence-corrected chi connectivity index (χ4v) is 4.17. The lowest BCUT2D eigenvalue weighted by Gasteiger charge is -2.16. The van der Waals surface area contributed by atoms with E-state index in [2.05, 4.69) is 4.98 Å². The molecule has 178 valence electrons. The van der Waals surface area contributed by atoms with Gasteiger partial charge in [0.05, 0.1) is 0 Å². The zero-order valence-electron chi connectivity index (χ0n) is 19.2. The minimum absolute atomic E-state index is 0.124. The molecule has 0 fully saturated rings. The van der Waals surface area contributed by atoms with Gasteiger partial charge in [-0.25, -0.2) is 9.78 Å². The van der Waals surface area contributed by atoms with Gasteiger partial charge in [0.15, 0.2) is 5.69 Å². The van der Waals surface area contributed by atoms with E-state index in [4.69, 9.17) is 21.1 Å². The summed E-state index contributed by atoms with van der Waals surface area (Å²) >= 11 is 6.52. The summed E-state index contributed by atoms with van der Waals surface area (Å²) in [6.07, 6.45) is 0. The van der Waals surface area contributed by atoms with Crippen LogP contribution in [-0.4, -0.2) is 16.1 Å². The fourth-order valence-electron chi connectivity index (χ4n) is 3.93. The van der Waals surface area contributed by atoms with Gasteiger partial charge in [0.25, 0.3) is 0 Å². The largest absolute Gasteiger partial charge is 0.488 e. The lowest BCUT2D eigenvalue weighted by Crippen LogP contribution is -2.05. The summed E-state index contributed by atoms with van der Waals surface area (Å²) in [5.74, 6) is -0.302. The Morgan fingerprint density at radius 2 is 1.33 bits per heavy atom. The molecule has 1 heterocycles. The van der Waals surface area contributed by atoms with Gasteiger partial charge in [-0.15, -0.1) is 0 Å². The predicted octanol–water partition coefficient (Wildman–Crippen LogP) is 7.41. The van der Waals surface area contributed by atoms with Crippen LogP contribution >= 0.6 is 11.6 Å². The van der Waals surface area contributed by atoms with E-state index in [9.17, 15) is 9.90 Å². The number of halogens is 1. The van der Waals surface area contributed by atoms with Gasteiger partial charge in [0.2, 0.25) is 0 Å². The van der Waals surface area contributed by atoms with Crippen molar-refractivity contribution in [3.8, 4) is 22.6 Å². The zero-order valence-corrected chi connectivity index (χ0v) is 20.0. The van der Waals surface area contributed by atoms with E-state index in [1.165, 1.54) is 6.07 Å². The Labute approximate surface area is 213 Å². The van der Waals surface area contributed by atoms with Gasteiger partial charge in [-0.3, -0.25) is 0 Å². The maximum atomic E-state index is 11.9. The summed E-state index contributed by atoms with van der Waals surface area (Å²) in [4.78, 5) is 16.3. The Kier molecular flexibility index (Phi) is 6.83. The number of hydrogen-bond donors (Lipinski definition) is 1. The Bertz CT molecular complexity index is 1520. The smallest absolute Gasteiger partial charge is 0.354 e. The van der Waals surface area contributed by atoms with Crippen molar-refractivity contribution < 1.29 is 19.4 Å². The molecule has 0 radical (unpaired) electrons. The minimum Gasteiger partial charge on any atom is -0.488 e. The first-order chi connectivity index (χ1) is 17.6. The maximum absolute atomic E-state index is 11.9. The number of nitrogens with zero attached hydrogens (tertiary/aromatic N) is 1. The summed E-state index contributed by atoms with van der Waals surface area (Å²) in [5, 5.41) is 11.0. The van der Waals surface area contributed by atoms with Crippen molar-refractivity contribution in [3.05, 3.63) is 125 Å². The third kappa shape index (κ3) is 5.16. The molecule has 6 heteroatoms. The molecule has 5 rings (SSSR count). The number of aromatic nitrogens is 1. The second-order valence-electron chi connectivity index (χ2n) is 8.21. The highest BCUT2D eigenvalue weighted by molar-refractivity contribution is 6.33. The van der Waals surface area contributed by atoms with Crippen LogP contribution in [0.1, 0.15) is 21.6 Å². The lowest BCUT2D eigenvalue weighted by atomic mass is 10.0. The monoisotopic (exact) mass is 495 g/mol. The zero-order chi connectivity index (χ0) is 24.9. The number of hydrogen-bond acceptors (Lipinski definition) is 4. The fraction of sp³-hybridized carbons (Fsp3) is 0.0667. The van der Waals surface area contributed by atoms with Crippen molar-refractivity contribution in [1.29, 1.82) is 0 Å². The van der Waals surface area contributed by atoms with Crippen molar-refractivity contribution in [3.63, 3.8) is 0 Å². The molecule has 0 spiro atoms. The number of fused-ring (bicyclic) bond motifs is 1. The topological polar surface area (TPSA) is 68.7 Å². The molecule has 5 nitrogen and oxygen atoms in total. The Morgan fingerprint density at radius 3 is 1.94 bits per heavy atom. The molecule has 1 aromatic heterocycles. The molecule has 0 unspecified atom stereocenters. The summed E-state index contributed by atoms with van der Waals surface area (Å²) in [6.45, 7) is 0.566. The van der Waals surface area contributed by atoms with Crippen molar-refractivity contribution in [2.24, 2.45) is 0 Å². The molecule has 0 aliphatic rings. The third-order valence-corrected chi connectivity index (χ3v) is 6.05. The maximum Gasteiger partial charge on any atom is 0.354 e. The van der Waals surface area contributed by atoms with Gasteiger partial charge in [0, 0.05) is 22.0 Å². The Balaban J connectivity index is 1.65. The van der Waals surface area contributed by atoms with Crippen LogP contribution in [0.15, 0.2) is 103 Å². The average molecular weight is 496 g/mol. The molecular weight excluding hydrogens is 474 g/mol. The van der Waals surface area contributed by atoms with Gasteiger partial charge in [-0.2, -0.15) is 0 Å². The number of ether oxygens (including phenoxy) is 2.